The number of aliphatic carboxylic acids is 1. The van der Waals surface area contributed by atoms with E-state index in [1.807, 2.05) is 19.1 Å². The molecule has 0 unspecified atom stereocenters. The number of aliphatic hydroxyl groups is 1. The van der Waals surface area contributed by atoms with Crippen molar-refractivity contribution >= 4 is 27.3 Å². The minimum Gasteiger partial charge on any atom is -0.481 e. The SMILES string of the molecule is Cc1cc(CCC(=O)O)sc1-c1cccc(S(=O)(=O)N(C)C[C@H](O)CNC(C)(C)CC2Cc3ccccc3C2)c1. The Hall–Kier alpha value is -2.56. The smallest absolute Gasteiger partial charge is 0.303 e. The highest BCUT2D eigenvalue weighted by Gasteiger charge is 2.29. The van der Waals surface area contributed by atoms with Gasteiger partial charge in [-0.3, -0.25) is 4.79 Å². The molecule has 1 aromatic heterocycles. The number of carboxylic acids is 1. The predicted molar refractivity (Wildman–Crippen MR) is 160 cm³/mol. The number of β-amino-alcohol motifs (C(OH)–C–C–N with tert-alkyl or cyclic N) is 1. The summed E-state index contributed by atoms with van der Waals surface area (Å²) in [5.74, 6) is -0.294. The van der Waals surface area contributed by atoms with Gasteiger partial charge in [0.1, 0.15) is 0 Å². The number of sulfonamides is 1. The van der Waals surface area contributed by atoms with E-state index in [0.29, 0.717) is 18.9 Å². The molecule has 4 rings (SSSR count). The fourth-order valence-electron chi connectivity index (χ4n) is 5.61. The number of hydrogen-bond acceptors (Lipinski definition) is 6. The third-order valence-corrected chi connectivity index (χ3v) is 10.7. The van der Waals surface area contributed by atoms with Gasteiger partial charge in [0.2, 0.25) is 10.0 Å². The van der Waals surface area contributed by atoms with Crippen LogP contribution in [0.15, 0.2) is 59.5 Å². The number of rotatable bonds is 13. The number of hydrogen-bond donors (Lipinski definition) is 3. The van der Waals surface area contributed by atoms with E-state index in [9.17, 15) is 18.3 Å². The number of nitrogens with zero attached hydrogens (tertiary/aromatic N) is 1. The average Bonchev–Trinajstić information content (AvgIpc) is 3.48. The number of thiophene rings is 1. The number of carbonyl (C=O) groups is 1. The molecule has 0 radical (unpaired) electrons. The number of benzene rings is 2. The molecule has 0 saturated carbocycles. The monoisotopic (exact) mass is 584 g/mol. The first-order valence-electron chi connectivity index (χ1n) is 13.7. The van der Waals surface area contributed by atoms with Crippen molar-refractivity contribution in [3.05, 3.63) is 76.2 Å². The summed E-state index contributed by atoms with van der Waals surface area (Å²) in [6.07, 6.45) is 2.74. The van der Waals surface area contributed by atoms with Crippen molar-refractivity contribution in [3.63, 3.8) is 0 Å². The van der Waals surface area contributed by atoms with Crippen LogP contribution in [-0.4, -0.2) is 60.7 Å². The highest BCUT2D eigenvalue weighted by molar-refractivity contribution is 7.89. The molecule has 3 N–H and O–H groups in total. The van der Waals surface area contributed by atoms with E-state index in [2.05, 4.69) is 43.4 Å². The van der Waals surface area contributed by atoms with Crippen LogP contribution in [0.4, 0.5) is 0 Å². The zero-order chi connectivity index (χ0) is 29.1. The largest absolute Gasteiger partial charge is 0.481 e. The summed E-state index contributed by atoms with van der Waals surface area (Å²) in [4.78, 5) is 13.0. The fourth-order valence-corrected chi connectivity index (χ4v) is 8.03. The summed E-state index contributed by atoms with van der Waals surface area (Å²) in [5, 5.41) is 23.2. The number of nitrogens with one attached hydrogen (secondary N) is 1. The van der Waals surface area contributed by atoms with Crippen molar-refractivity contribution in [2.24, 2.45) is 5.92 Å². The molecule has 0 fully saturated rings. The van der Waals surface area contributed by atoms with Crippen LogP contribution in [0.2, 0.25) is 0 Å². The minimum atomic E-state index is -3.82. The lowest BCUT2D eigenvalue weighted by atomic mass is 9.88. The van der Waals surface area contributed by atoms with E-state index in [0.717, 1.165) is 40.1 Å². The van der Waals surface area contributed by atoms with Gasteiger partial charge in [0, 0.05) is 35.4 Å². The molecule has 3 aromatic rings. The molecule has 216 valence electrons. The van der Waals surface area contributed by atoms with E-state index in [1.54, 1.807) is 18.2 Å². The van der Waals surface area contributed by atoms with Gasteiger partial charge in [-0.25, -0.2) is 8.42 Å². The van der Waals surface area contributed by atoms with Crippen molar-refractivity contribution < 1.29 is 23.4 Å². The Morgan fingerprint density at radius 1 is 1.12 bits per heavy atom. The van der Waals surface area contributed by atoms with Crippen molar-refractivity contribution in [3.8, 4) is 10.4 Å². The molecule has 0 aliphatic heterocycles. The zero-order valence-corrected chi connectivity index (χ0v) is 25.3. The number of aliphatic hydroxyl groups excluding tert-OH is 1. The summed E-state index contributed by atoms with van der Waals surface area (Å²) in [7, 11) is -2.33. The lowest BCUT2D eigenvalue weighted by Gasteiger charge is -2.31. The summed E-state index contributed by atoms with van der Waals surface area (Å²) in [6.45, 7) is 6.48. The first-order valence-corrected chi connectivity index (χ1v) is 16.0. The van der Waals surface area contributed by atoms with E-state index in [-0.39, 0.29) is 23.4 Å². The second-order valence-corrected chi connectivity index (χ2v) is 14.8. The maximum atomic E-state index is 13.4. The number of likely N-dealkylation sites (N-methyl/N-ethyl adjacent to an activating group) is 1. The minimum absolute atomic E-state index is 0.0259. The van der Waals surface area contributed by atoms with Crippen LogP contribution in [0, 0.1) is 12.8 Å². The topological polar surface area (TPSA) is 107 Å². The lowest BCUT2D eigenvalue weighted by molar-refractivity contribution is -0.136. The van der Waals surface area contributed by atoms with Gasteiger partial charge < -0.3 is 15.5 Å². The molecule has 0 bridgehead atoms. The van der Waals surface area contributed by atoms with E-state index in [4.69, 9.17) is 5.11 Å². The van der Waals surface area contributed by atoms with Crippen molar-refractivity contribution in [1.29, 1.82) is 0 Å². The van der Waals surface area contributed by atoms with Crippen LogP contribution in [0.3, 0.4) is 0 Å². The van der Waals surface area contributed by atoms with E-state index >= 15 is 0 Å². The molecule has 1 atom stereocenters. The molecule has 1 aliphatic rings. The Labute approximate surface area is 241 Å². The lowest BCUT2D eigenvalue weighted by Crippen LogP contribution is -2.47. The normalized spacial score (nSPS) is 14.9. The first-order chi connectivity index (χ1) is 18.8. The standard InChI is InChI=1S/C31H40N2O5S2/c1-21-14-27(12-13-29(35)36)39-30(21)25-10-7-11-28(17-25)40(37,38)33(4)20-26(34)19-32-31(2,3)18-22-15-23-8-5-6-9-24(23)16-22/h5-11,14,17,22,26,32,34H,12-13,15-16,18-20H2,1-4H3,(H,35,36)/t26-/m1/s1. The molecule has 1 aliphatic carbocycles. The van der Waals surface area contributed by atoms with E-state index < -0.39 is 22.1 Å². The molecule has 9 heteroatoms. The van der Waals surface area contributed by atoms with Crippen LogP contribution in [0.5, 0.6) is 0 Å². The van der Waals surface area contributed by atoms with Crippen LogP contribution in [0.1, 0.15) is 48.3 Å². The number of aryl methyl sites for hydroxylation is 2. The fraction of sp³-hybridized carbons (Fsp3) is 0.452. The van der Waals surface area contributed by atoms with Gasteiger partial charge in [0.15, 0.2) is 0 Å². The van der Waals surface area contributed by atoms with Gasteiger partial charge in [0.25, 0.3) is 0 Å². The molecular formula is C31H40N2O5S2. The van der Waals surface area contributed by atoms with E-state index in [1.165, 1.54) is 33.8 Å². The Bertz CT molecular complexity index is 1420. The zero-order valence-electron chi connectivity index (χ0n) is 23.7. The van der Waals surface area contributed by atoms with Crippen LogP contribution in [0.25, 0.3) is 10.4 Å². The summed E-state index contributed by atoms with van der Waals surface area (Å²) < 4.78 is 28.0. The van der Waals surface area contributed by atoms with Gasteiger partial charge >= 0.3 is 5.97 Å². The quantitative estimate of drug-likeness (QED) is 0.264. The maximum Gasteiger partial charge on any atom is 0.303 e. The second-order valence-electron chi connectivity index (χ2n) is 11.6. The molecule has 2 aromatic carbocycles. The summed E-state index contributed by atoms with van der Waals surface area (Å²) in [5.41, 5.74) is 4.41. The predicted octanol–water partition coefficient (Wildman–Crippen LogP) is 4.90. The first kappa shape index (κ1) is 30.4. The summed E-state index contributed by atoms with van der Waals surface area (Å²) in [6, 6.07) is 17.3. The molecule has 0 amide bonds. The Balaban J connectivity index is 1.34. The molecule has 1 heterocycles. The number of carboxylic acid groups (broad SMARTS) is 1. The molecule has 0 spiro atoms. The average molecular weight is 585 g/mol. The van der Waals surface area contributed by atoms with Crippen LogP contribution >= 0.6 is 11.3 Å². The van der Waals surface area contributed by atoms with Crippen LogP contribution < -0.4 is 5.32 Å². The van der Waals surface area contributed by atoms with Crippen molar-refractivity contribution in [1.82, 2.24) is 9.62 Å². The van der Waals surface area contributed by atoms with Gasteiger partial charge in [0.05, 0.1) is 17.4 Å². The maximum absolute atomic E-state index is 13.4. The molecule has 7 nitrogen and oxygen atoms in total. The highest BCUT2D eigenvalue weighted by atomic mass is 32.2. The Morgan fingerprint density at radius 3 is 2.45 bits per heavy atom. The third-order valence-electron chi connectivity index (χ3n) is 7.58. The highest BCUT2D eigenvalue weighted by Crippen LogP contribution is 2.35. The summed E-state index contributed by atoms with van der Waals surface area (Å²) >= 11 is 1.49. The molecular weight excluding hydrogens is 544 g/mol. The van der Waals surface area contributed by atoms with Gasteiger partial charge in [-0.05, 0) is 92.8 Å². The van der Waals surface area contributed by atoms with Crippen molar-refractivity contribution in [2.45, 2.75) is 69.4 Å². The molecule has 0 saturated heterocycles. The van der Waals surface area contributed by atoms with Crippen LogP contribution in [-0.2, 0) is 34.1 Å². The Kier molecular flexibility index (Phi) is 9.52. The van der Waals surface area contributed by atoms with Gasteiger partial charge in [-0.1, -0.05) is 36.4 Å². The molecule has 40 heavy (non-hydrogen) atoms. The van der Waals surface area contributed by atoms with Crippen molar-refractivity contribution in [2.75, 3.05) is 20.1 Å². The Morgan fingerprint density at radius 2 is 1.80 bits per heavy atom. The van der Waals surface area contributed by atoms with Gasteiger partial charge in [-0.2, -0.15) is 4.31 Å². The third kappa shape index (κ3) is 7.59. The van der Waals surface area contributed by atoms with Gasteiger partial charge in [-0.15, -0.1) is 11.3 Å². The number of fused-ring (bicyclic) bond motifs is 1. The second kappa shape index (κ2) is 12.5.